The molecular formula is C58H51N3S. The fraction of sp³-hybridized carbons (Fsp3) is 0.138. The van der Waals surface area contributed by atoms with Gasteiger partial charge in [0.15, 0.2) is 5.82 Å². The van der Waals surface area contributed by atoms with Crippen LogP contribution in [0.1, 0.15) is 62.4 Å². The molecule has 3 aliphatic rings. The first-order chi connectivity index (χ1) is 30.5. The maximum Gasteiger partial charge on any atom is 0.160 e. The van der Waals surface area contributed by atoms with E-state index in [2.05, 4.69) is 201 Å². The Kier molecular flexibility index (Phi) is 11.4. The fourth-order valence-electron chi connectivity index (χ4n) is 9.41. The lowest BCUT2D eigenvalue weighted by Gasteiger charge is -2.26. The Labute approximate surface area is 372 Å². The topological polar surface area (TPSA) is 29.0 Å². The third kappa shape index (κ3) is 7.29. The SMILES string of the molecule is CC.CC1(C)c2ccccc2-c2cc(-c3ccc(-c4ccc5c(c4)C4CC=C(c6cc(-c7ccccc7)nc(-c7ccccc7)n6)C=C4N5c4ccccc4)cc3)ccc21.CS. The summed E-state index contributed by atoms with van der Waals surface area (Å²) >= 11 is 3.53. The molecule has 0 bridgehead atoms. The van der Waals surface area contributed by atoms with Crippen LogP contribution in [0.2, 0.25) is 0 Å². The third-order valence-electron chi connectivity index (χ3n) is 12.4. The van der Waals surface area contributed by atoms with Crippen molar-refractivity contribution in [2.24, 2.45) is 0 Å². The van der Waals surface area contributed by atoms with Crippen LogP contribution in [-0.4, -0.2) is 16.2 Å². The van der Waals surface area contributed by atoms with Gasteiger partial charge >= 0.3 is 0 Å². The molecule has 1 unspecified atom stereocenters. The maximum absolute atomic E-state index is 5.19. The van der Waals surface area contributed by atoms with Crippen molar-refractivity contribution in [2.75, 3.05) is 11.2 Å². The van der Waals surface area contributed by atoms with Gasteiger partial charge < -0.3 is 4.90 Å². The van der Waals surface area contributed by atoms with Crippen molar-refractivity contribution in [2.45, 2.75) is 45.4 Å². The van der Waals surface area contributed by atoms with Gasteiger partial charge in [-0.2, -0.15) is 12.6 Å². The van der Waals surface area contributed by atoms with Gasteiger partial charge in [-0.05, 0) is 111 Å². The van der Waals surface area contributed by atoms with Crippen LogP contribution in [0.5, 0.6) is 0 Å². The molecule has 0 radical (unpaired) electrons. The predicted octanol–water partition coefficient (Wildman–Crippen LogP) is 15.6. The van der Waals surface area contributed by atoms with Crippen LogP contribution in [0, 0.1) is 0 Å². The van der Waals surface area contributed by atoms with Gasteiger partial charge in [0.25, 0.3) is 0 Å². The van der Waals surface area contributed by atoms with E-state index in [1.165, 1.54) is 61.5 Å². The number of aromatic nitrogens is 2. The number of fused-ring (bicyclic) bond motifs is 6. The lowest BCUT2D eigenvalue weighted by Crippen LogP contribution is -2.15. The monoisotopic (exact) mass is 821 g/mol. The minimum atomic E-state index is 0.0103. The average Bonchev–Trinajstić information content (AvgIpc) is 3.80. The molecule has 8 aromatic rings. The number of thiol groups is 1. The zero-order valence-electron chi connectivity index (χ0n) is 36.0. The van der Waals surface area contributed by atoms with Gasteiger partial charge in [0.05, 0.1) is 11.4 Å². The summed E-state index contributed by atoms with van der Waals surface area (Å²) < 4.78 is 0. The number of rotatable bonds is 6. The van der Waals surface area contributed by atoms with Crippen molar-refractivity contribution in [3.8, 4) is 56.0 Å². The highest BCUT2D eigenvalue weighted by molar-refractivity contribution is 7.79. The van der Waals surface area contributed by atoms with E-state index in [-0.39, 0.29) is 11.3 Å². The molecule has 1 atom stereocenters. The molecule has 62 heavy (non-hydrogen) atoms. The first-order valence-electron chi connectivity index (χ1n) is 21.7. The molecule has 7 aromatic carbocycles. The minimum Gasteiger partial charge on any atom is -0.313 e. The number of allylic oxidation sites excluding steroid dienone is 4. The number of hydrogen-bond donors (Lipinski definition) is 1. The number of hydrogen-bond acceptors (Lipinski definition) is 4. The Bertz CT molecular complexity index is 2870. The van der Waals surface area contributed by atoms with Gasteiger partial charge in [0.2, 0.25) is 0 Å². The number of nitrogens with zero attached hydrogens (tertiary/aromatic N) is 3. The Morgan fingerprint density at radius 2 is 1.06 bits per heavy atom. The van der Waals surface area contributed by atoms with Crippen LogP contribution in [0.25, 0.3) is 61.6 Å². The molecule has 0 fully saturated rings. The quantitative estimate of drug-likeness (QED) is 0.169. The van der Waals surface area contributed by atoms with Crippen molar-refractivity contribution in [3.05, 3.63) is 222 Å². The van der Waals surface area contributed by atoms with Gasteiger partial charge in [-0.3, -0.25) is 0 Å². The van der Waals surface area contributed by atoms with E-state index >= 15 is 0 Å². The summed E-state index contributed by atoms with van der Waals surface area (Å²) in [6, 6.07) is 65.6. The summed E-state index contributed by atoms with van der Waals surface area (Å²) in [5, 5.41) is 0. The molecule has 0 saturated carbocycles. The molecule has 11 rings (SSSR count). The van der Waals surface area contributed by atoms with Gasteiger partial charge in [-0.1, -0.05) is 179 Å². The van der Waals surface area contributed by atoms with E-state index in [1.807, 2.05) is 38.1 Å². The van der Waals surface area contributed by atoms with Gasteiger partial charge in [-0.25, -0.2) is 9.97 Å². The average molecular weight is 822 g/mol. The molecule has 4 heteroatoms. The summed E-state index contributed by atoms with van der Waals surface area (Å²) in [5.74, 6) is 0.954. The minimum absolute atomic E-state index is 0.0103. The smallest absolute Gasteiger partial charge is 0.160 e. The Morgan fingerprint density at radius 3 is 1.76 bits per heavy atom. The van der Waals surface area contributed by atoms with Crippen LogP contribution in [-0.2, 0) is 5.41 Å². The predicted molar refractivity (Wildman–Crippen MR) is 266 cm³/mol. The van der Waals surface area contributed by atoms with Crippen LogP contribution >= 0.6 is 12.6 Å². The van der Waals surface area contributed by atoms with Crippen LogP contribution in [0.15, 0.2) is 200 Å². The standard InChI is InChI=1S/C55H41N3.C2H6.CH4S/c1-55(2)48-21-13-12-20-44(48)46-32-40(27-30-49(46)55)36-22-24-37(25-23-36)41-28-31-52-47(33-41)45-29-26-42(34-53(45)58(52)43-18-10-5-11-19-43)51-35-50(38-14-6-3-7-15-38)56-54(57-51)39-16-8-4-9-17-39;2*1-2/h3-28,30-35,45H,29H2,1-2H3;1-2H3;2H,1H3. The zero-order chi connectivity index (χ0) is 42.8. The highest BCUT2D eigenvalue weighted by Crippen LogP contribution is 2.53. The number of benzene rings is 7. The van der Waals surface area contributed by atoms with Gasteiger partial charge in [0, 0.05) is 39.5 Å². The van der Waals surface area contributed by atoms with Crippen LogP contribution < -0.4 is 4.90 Å². The van der Waals surface area contributed by atoms with Gasteiger partial charge in [0.1, 0.15) is 0 Å². The molecule has 3 nitrogen and oxygen atoms in total. The first-order valence-corrected chi connectivity index (χ1v) is 22.6. The summed E-state index contributed by atoms with van der Waals surface area (Å²) in [6.45, 7) is 8.68. The molecule has 0 spiro atoms. The summed E-state index contributed by atoms with van der Waals surface area (Å²) in [6.07, 6.45) is 7.30. The van der Waals surface area contributed by atoms with E-state index in [1.54, 1.807) is 6.26 Å². The summed E-state index contributed by atoms with van der Waals surface area (Å²) in [4.78, 5) is 12.7. The maximum atomic E-state index is 5.19. The largest absolute Gasteiger partial charge is 0.313 e. The molecule has 0 saturated heterocycles. The van der Waals surface area contributed by atoms with Crippen molar-refractivity contribution < 1.29 is 0 Å². The zero-order valence-corrected chi connectivity index (χ0v) is 36.9. The second-order valence-electron chi connectivity index (χ2n) is 16.2. The lowest BCUT2D eigenvalue weighted by atomic mass is 9.82. The van der Waals surface area contributed by atoms with Crippen LogP contribution in [0.4, 0.5) is 11.4 Å². The third-order valence-corrected chi connectivity index (χ3v) is 12.4. The molecular weight excluding hydrogens is 771 g/mol. The highest BCUT2D eigenvalue weighted by Gasteiger charge is 2.37. The first kappa shape index (κ1) is 40.6. The van der Waals surface area contributed by atoms with E-state index in [0.717, 1.165) is 46.0 Å². The fourth-order valence-corrected chi connectivity index (χ4v) is 9.41. The van der Waals surface area contributed by atoms with Crippen molar-refractivity contribution in [1.29, 1.82) is 0 Å². The highest BCUT2D eigenvalue weighted by atomic mass is 32.1. The molecule has 2 aliphatic carbocycles. The number of anilines is 2. The molecule has 0 N–H and O–H groups in total. The van der Waals surface area contributed by atoms with Crippen molar-refractivity contribution >= 4 is 29.6 Å². The van der Waals surface area contributed by atoms with Crippen LogP contribution in [0.3, 0.4) is 0 Å². The summed E-state index contributed by atoms with van der Waals surface area (Å²) in [7, 11) is 0. The molecule has 2 heterocycles. The lowest BCUT2D eigenvalue weighted by molar-refractivity contribution is 0.660. The van der Waals surface area contributed by atoms with E-state index in [0.29, 0.717) is 0 Å². The summed E-state index contributed by atoms with van der Waals surface area (Å²) in [5.41, 5.74) is 20.5. The Hall–Kier alpha value is -6.75. The molecule has 1 aromatic heterocycles. The van der Waals surface area contributed by atoms with Crippen molar-refractivity contribution in [3.63, 3.8) is 0 Å². The Morgan fingerprint density at radius 1 is 0.516 bits per heavy atom. The van der Waals surface area contributed by atoms with E-state index < -0.39 is 0 Å². The molecule has 0 amide bonds. The van der Waals surface area contributed by atoms with E-state index in [4.69, 9.17) is 9.97 Å². The normalized spacial score (nSPS) is 15.0. The second-order valence-corrected chi connectivity index (χ2v) is 16.2. The second kappa shape index (κ2) is 17.3. The number of para-hydroxylation sites is 1. The molecule has 1 aliphatic heterocycles. The Balaban J connectivity index is 0.00000119. The van der Waals surface area contributed by atoms with E-state index in [9.17, 15) is 0 Å². The van der Waals surface area contributed by atoms with Gasteiger partial charge in [-0.15, -0.1) is 0 Å². The van der Waals surface area contributed by atoms with Crippen molar-refractivity contribution in [1.82, 2.24) is 9.97 Å². The molecule has 304 valence electrons.